The van der Waals surface area contributed by atoms with Crippen molar-refractivity contribution in [1.82, 2.24) is 20.0 Å². The highest BCUT2D eigenvalue weighted by Crippen LogP contribution is 2.34. The highest BCUT2D eigenvalue weighted by molar-refractivity contribution is 5.96. The zero-order chi connectivity index (χ0) is 27.4. The number of nitrogens with one attached hydrogen (secondary N) is 1. The fourth-order valence-corrected chi connectivity index (χ4v) is 5.07. The number of carbonyl (C=O) groups excluding carboxylic acids is 3. The van der Waals surface area contributed by atoms with E-state index in [1.165, 1.54) is 0 Å². The van der Waals surface area contributed by atoms with Crippen LogP contribution in [0.4, 0.5) is 4.79 Å². The number of fused-ring (bicyclic) bond motifs is 1. The lowest BCUT2D eigenvalue weighted by Gasteiger charge is -2.40. The smallest absolute Gasteiger partial charge is 0.338 e. The van der Waals surface area contributed by atoms with Crippen LogP contribution in [0.15, 0.2) is 72.5 Å². The number of hydrogen-bond acceptors (Lipinski definition) is 7. The minimum atomic E-state index is -0.636. The molecule has 1 saturated heterocycles. The molecule has 0 radical (unpaired) electrons. The van der Waals surface area contributed by atoms with Crippen molar-refractivity contribution < 1.29 is 28.6 Å². The second-order valence-electron chi connectivity index (χ2n) is 9.41. The first kappa shape index (κ1) is 26.3. The lowest BCUT2D eigenvalue weighted by molar-refractivity contribution is -0.139. The Hall–Kier alpha value is -4.31. The fraction of sp³-hybridized carbons (Fsp3) is 0.345. The molecular weight excluding hydrogens is 500 g/mol. The molecule has 1 fully saturated rings. The summed E-state index contributed by atoms with van der Waals surface area (Å²) in [7, 11) is 0. The number of urea groups is 1. The van der Waals surface area contributed by atoms with E-state index >= 15 is 0 Å². The van der Waals surface area contributed by atoms with E-state index in [1.807, 2.05) is 30.3 Å². The molecule has 0 aliphatic carbocycles. The Labute approximate surface area is 227 Å². The van der Waals surface area contributed by atoms with Crippen molar-refractivity contribution in [2.45, 2.75) is 13.0 Å². The molecule has 1 unspecified atom stereocenters. The first-order valence-electron chi connectivity index (χ1n) is 13.1. The summed E-state index contributed by atoms with van der Waals surface area (Å²) in [6, 6.07) is 13.7. The molecule has 0 spiro atoms. The molecule has 204 valence electrons. The Balaban J connectivity index is 1.37. The highest BCUT2D eigenvalue weighted by Gasteiger charge is 2.38. The quantitative estimate of drug-likeness (QED) is 0.412. The van der Waals surface area contributed by atoms with Crippen LogP contribution < -0.4 is 14.8 Å². The van der Waals surface area contributed by atoms with E-state index in [9.17, 15) is 14.4 Å². The van der Waals surface area contributed by atoms with Crippen LogP contribution in [-0.4, -0.2) is 85.3 Å². The van der Waals surface area contributed by atoms with E-state index in [4.69, 9.17) is 14.2 Å². The van der Waals surface area contributed by atoms with Crippen LogP contribution in [0.2, 0.25) is 0 Å². The fourth-order valence-electron chi connectivity index (χ4n) is 5.07. The molecule has 2 aromatic carbocycles. The normalized spacial score (nSPS) is 19.1. The van der Waals surface area contributed by atoms with Crippen LogP contribution in [0, 0.1) is 0 Å². The first-order valence-corrected chi connectivity index (χ1v) is 13.1. The number of ether oxygens (including phenoxy) is 3. The van der Waals surface area contributed by atoms with Crippen LogP contribution in [-0.2, 0) is 9.53 Å². The van der Waals surface area contributed by atoms with Gasteiger partial charge in [-0.1, -0.05) is 36.4 Å². The average Bonchev–Trinajstić information content (AvgIpc) is 3.43. The zero-order valence-corrected chi connectivity index (χ0v) is 21.9. The van der Waals surface area contributed by atoms with E-state index in [0.29, 0.717) is 61.1 Å². The van der Waals surface area contributed by atoms with Crippen molar-refractivity contribution in [3.63, 3.8) is 0 Å². The van der Waals surface area contributed by atoms with Crippen molar-refractivity contribution in [2.75, 3.05) is 52.7 Å². The van der Waals surface area contributed by atoms with Crippen LogP contribution in [0.5, 0.6) is 11.5 Å². The molecule has 0 bridgehead atoms. The van der Waals surface area contributed by atoms with E-state index < -0.39 is 12.0 Å². The maximum absolute atomic E-state index is 13.3. The number of esters is 1. The summed E-state index contributed by atoms with van der Waals surface area (Å²) in [6.45, 7) is 8.69. The van der Waals surface area contributed by atoms with E-state index in [1.54, 1.807) is 41.0 Å². The van der Waals surface area contributed by atoms with Crippen LogP contribution in [0.1, 0.15) is 28.9 Å². The van der Waals surface area contributed by atoms with Crippen molar-refractivity contribution in [1.29, 1.82) is 0 Å². The monoisotopic (exact) mass is 532 g/mol. The minimum absolute atomic E-state index is 0.0751. The Morgan fingerprint density at radius 1 is 1.08 bits per heavy atom. The van der Waals surface area contributed by atoms with Gasteiger partial charge in [0.25, 0.3) is 5.91 Å². The number of carbonyl (C=O) groups is 3. The third-order valence-electron chi connectivity index (χ3n) is 7.03. The summed E-state index contributed by atoms with van der Waals surface area (Å²) in [4.78, 5) is 45.2. The second kappa shape index (κ2) is 11.6. The standard InChI is InChI=1S/C29H32N4O6/c1-3-12-33-22(25(28(35)37-4-2)26(30-29(33)36)20-8-6-5-7-9-20)18-31-13-15-32(16-14-31)27(34)21-10-11-23-24(17-21)39-19-38-23/h3,5-11,17,26H,1,4,12-16,18-19H2,2H3,(H,30,36). The second-order valence-corrected chi connectivity index (χ2v) is 9.41. The largest absolute Gasteiger partial charge is 0.463 e. The van der Waals surface area contributed by atoms with Gasteiger partial charge >= 0.3 is 12.0 Å². The Morgan fingerprint density at radius 3 is 2.54 bits per heavy atom. The Bertz CT molecular complexity index is 1290. The van der Waals surface area contributed by atoms with Gasteiger partial charge in [-0.15, -0.1) is 6.58 Å². The highest BCUT2D eigenvalue weighted by atomic mass is 16.7. The van der Waals surface area contributed by atoms with Gasteiger partial charge in [-0.3, -0.25) is 14.6 Å². The minimum Gasteiger partial charge on any atom is -0.463 e. The summed E-state index contributed by atoms with van der Waals surface area (Å²) in [5.74, 6) is 0.668. The molecule has 3 aliphatic heterocycles. The van der Waals surface area contributed by atoms with Gasteiger partial charge < -0.3 is 24.4 Å². The van der Waals surface area contributed by atoms with Crippen molar-refractivity contribution in [2.24, 2.45) is 0 Å². The predicted molar refractivity (Wildman–Crippen MR) is 143 cm³/mol. The van der Waals surface area contributed by atoms with Crippen LogP contribution in [0.25, 0.3) is 0 Å². The molecule has 10 heteroatoms. The Morgan fingerprint density at radius 2 is 1.82 bits per heavy atom. The SMILES string of the molecule is C=CCN1C(=O)NC(c2ccccc2)C(C(=O)OCC)=C1CN1CCN(C(=O)c2ccc3c(c2)OCO3)CC1. The van der Waals surface area contributed by atoms with Gasteiger partial charge in [0.2, 0.25) is 6.79 Å². The van der Waals surface area contributed by atoms with Crippen molar-refractivity contribution in [3.8, 4) is 11.5 Å². The third-order valence-corrected chi connectivity index (χ3v) is 7.03. The molecule has 5 rings (SSSR count). The molecule has 2 aromatic rings. The lowest BCUT2D eigenvalue weighted by atomic mass is 9.94. The number of amides is 3. The summed E-state index contributed by atoms with van der Waals surface area (Å²) < 4.78 is 16.2. The maximum Gasteiger partial charge on any atom is 0.338 e. The Kier molecular flexibility index (Phi) is 7.83. The predicted octanol–water partition coefficient (Wildman–Crippen LogP) is 2.94. The number of hydrogen-bond donors (Lipinski definition) is 1. The molecule has 3 amide bonds. The summed E-state index contributed by atoms with van der Waals surface area (Å²) >= 11 is 0. The molecule has 1 atom stereocenters. The zero-order valence-electron chi connectivity index (χ0n) is 21.9. The summed E-state index contributed by atoms with van der Waals surface area (Å²) in [5.41, 5.74) is 2.33. The van der Waals surface area contributed by atoms with Gasteiger partial charge in [-0.25, -0.2) is 9.59 Å². The average molecular weight is 533 g/mol. The lowest BCUT2D eigenvalue weighted by Crippen LogP contribution is -2.53. The van der Waals surface area contributed by atoms with Gasteiger partial charge in [0.1, 0.15) is 0 Å². The maximum atomic E-state index is 13.3. The summed E-state index contributed by atoms with van der Waals surface area (Å²) in [5, 5.41) is 2.97. The summed E-state index contributed by atoms with van der Waals surface area (Å²) in [6.07, 6.45) is 1.63. The molecule has 0 aromatic heterocycles. The number of nitrogens with zero attached hydrogens (tertiary/aromatic N) is 3. The first-order chi connectivity index (χ1) is 19.0. The third kappa shape index (κ3) is 5.46. The van der Waals surface area contributed by atoms with Gasteiger partial charge in [-0.05, 0) is 30.7 Å². The van der Waals surface area contributed by atoms with E-state index in [-0.39, 0.29) is 31.9 Å². The van der Waals surface area contributed by atoms with E-state index in [2.05, 4.69) is 16.8 Å². The van der Waals surface area contributed by atoms with E-state index in [0.717, 1.165) is 5.56 Å². The van der Waals surface area contributed by atoms with Gasteiger partial charge in [0, 0.05) is 50.5 Å². The molecule has 3 aliphatic rings. The van der Waals surface area contributed by atoms with Crippen molar-refractivity contribution in [3.05, 3.63) is 83.6 Å². The molecular formula is C29H32N4O6. The molecule has 3 heterocycles. The molecule has 39 heavy (non-hydrogen) atoms. The molecule has 1 N–H and O–H groups in total. The topological polar surface area (TPSA) is 101 Å². The molecule has 10 nitrogen and oxygen atoms in total. The van der Waals surface area contributed by atoms with Crippen LogP contribution in [0.3, 0.4) is 0 Å². The number of rotatable bonds is 8. The number of piperazine rings is 1. The number of benzene rings is 2. The van der Waals surface area contributed by atoms with Crippen molar-refractivity contribution >= 4 is 17.9 Å². The van der Waals surface area contributed by atoms with Crippen LogP contribution >= 0.6 is 0 Å². The van der Waals surface area contributed by atoms with Gasteiger partial charge in [0.15, 0.2) is 11.5 Å². The van der Waals surface area contributed by atoms with Gasteiger partial charge in [-0.2, -0.15) is 0 Å². The molecule has 0 saturated carbocycles. The van der Waals surface area contributed by atoms with Gasteiger partial charge in [0.05, 0.1) is 18.2 Å².